The second kappa shape index (κ2) is 15.2. The number of nitrogens with zero attached hydrogens (tertiary/aromatic N) is 4. The zero-order chi connectivity index (χ0) is 34.9. The van der Waals surface area contributed by atoms with E-state index in [1.165, 1.54) is 36.3 Å². The van der Waals surface area contributed by atoms with Gasteiger partial charge in [0, 0.05) is 5.75 Å². The van der Waals surface area contributed by atoms with Gasteiger partial charge in [0.25, 0.3) is 0 Å². The molecule has 0 saturated carbocycles. The molecule has 0 amide bonds. The fourth-order valence-electron chi connectivity index (χ4n) is 5.24. The lowest BCUT2D eigenvalue weighted by Crippen LogP contribution is -2.31. The van der Waals surface area contributed by atoms with Gasteiger partial charge in [-0.2, -0.15) is 4.31 Å². The maximum absolute atomic E-state index is 12.8. The maximum atomic E-state index is 12.8. The van der Waals surface area contributed by atoms with Crippen LogP contribution in [0.25, 0.3) is 11.2 Å². The Balaban J connectivity index is 1.32. The Morgan fingerprint density at radius 2 is 1.71 bits per heavy atom. The van der Waals surface area contributed by atoms with E-state index in [-0.39, 0.29) is 11.1 Å². The van der Waals surface area contributed by atoms with Gasteiger partial charge in [-0.3, -0.25) is 13.7 Å². The first-order valence-electron chi connectivity index (χ1n) is 15.4. The number of rotatable bonds is 16. The fraction of sp³-hybridized carbons (Fsp3) is 0.593. The van der Waals surface area contributed by atoms with Crippen LogP contribution < -0.4 is 11.0 Å². The molecule has 8 atom stereocenters. The summed E-state index contributed by atoms with van der Waals surface area (Å²) in [5, 5.41) is 0.147. The number of aryl methyl sites for hydroxylation is 2. The van der Waals surface area contributed by atoms with Gasteiger partial charge < -0.3 is 34.6 Å². The molecule has 266 valence electrons. The third-order valence-corrected chi connectivity index (χ3v) is 13.5. The normalized spacial score (nSPS) is 26.3. The van der Waals surface area contributed by atoms with Gasteiger partial charge in [0.15, 0.2) is 29.1 Å². The first-order chi connectivity index (χ1) is 22.6. The van der Waals surface area contributed by atoms with Crippen LogP contribution in [-0.2, 0) is 41.1 Å². The predicted molar refractivity (Wildman–Crippen MR) is 175 cm³/mol. The van der Waals surface area contributed by atoms with Crippen molar-refractivity contribution in [1.82, 2.24) is 19.5 Å². The van der Waals surface area contributed by atoms with Gasteiger partial charge in [0.1, 0.15) is 23.8 Å². The Morgan fingerprint density at radius 1 is 0.958 bits per heavy atom. The summed E-state index contributed by atoms with van der Waals surface area (Å²) in [6.45, 7) is 6.87. The molecule has 2 saturated heterocycles. The number of nitrogen functional groups attached to an aromatic ring is 1. The Hall–Kier alpha value is -1.75. The van der Waals surface area contributed by atoms with Crippen LogP contribution >= 0.6 is 35.0 Å². The van der Waals surface area contributed by atoms with Crippen LogP contribution in [0.5, 0.6) is 0 Å². The van der Waals surface area contributed by atoms with E-state index in [0.29, 0.717) is 28.3 Å². The number of phosphoric acid groups is 2. The van der Waals surface area contributed by atoms with Crippen LogP contribution in [0, 0.1) is 13.8 Å². The monoisotopic (exact) mass is 751 g/mol. The first kappa shape index (κ1) is 37.5. The molecule has 0 aliphatic carbocycles. The van der Waals surface area contributed by atoms with Crippen molar-refractivity contribution in [2.24, 2.45) is 0 Å². The first-order valence-corrected chi connectivity index (χ1v) is 20.9. The standard InChI is InChI=1S/C27H40N5O12P3S/c1-5-7-8-9-20-41-22-19(14-39-46(35,36)44-47(37,38)43-45(33,34)18-11-10-16(3)17(4)13-18)40-26(23(22)42-20)32-15-29-21-24(28)30-27(31-25(21)32)48-12-6-2/h10-11,13,15,19-20,22-23,26H,5-9,12,14H2,1-4H3,(H,33,34)(H,35,36)(H,37,38)(H2,28,30,31). The number of anilines is 1. The smallest absolute Gasteiger partial charge is 0.382 e. The van der Waals surface area contributed by atoms with E-state index in [4.69, 9.17) is 24.5 Å². The molecule has 4 heterocycles. The molecule has 5 N–H and O–H groups in total. The van der Waals surface area contributed by atoms with Gasteiger partial charge in [-0.1, -0.05) is 44.5 Å². The average molecular weight is 752 g/mol. The molecule has 2 fully saturated rings. The quantitative estimate of drug-likeness (QED) is 0.0660. The summed E-state index contributed by atoms with van der Waals surface area (Å²) in [5.41, 5.74) is 8.33. The second-order valence-electron chi connectivity index (χ2n) is 11.4. The van der Waals surface area contributed by atoms with Crippen molar-refractivity contribution < 1.29 is 55.7 Å². The number of aromatic nitrogens is 4. The van der Waals surface area contributed by atoms with E-state index >= 15 is 0 Å². The largest absolute Gasteiger partial charge is 0.488 e. The minimum Gasteiger partial charge on any atom is -0.382 e. The van der Waals surface area contributed by atoms with Gasteiger partial charge in [0.05, 0.1) is 18.2 Å². The molecule has 48 heavy (non-hydrogen) atoms. The minimum absolute atomic E-state index is 0.187. The van der Waals surface area contributed by atoms with Gasteiger partial charge in [0.2, 0.25) is 0 Å². The van der Waals surface area contributed by atoms with Crippen molar-refractivity contribution in [1.29, 1.82) is 0 Å². The molecule has 2 aliphatic rings. The van der Waals surface area contributed by atoms with Gasteiger partial charge >= 0.3 is 23.2 Å². The van der Waals surface area contributed by atoms with Crippen LogP contribution in [0.15, 0.2) is 29.7 Å². The maximum Gasteiger partial charge on any atom is 0.488 e. The molecule has 5 rings (SSSR count). The van der Waals surface area contributed by atoms with Crippen LogP contribution in [0.4, 0.5) is 5.82 Å². The molecule has 2 aliphatic heterocycles. The molecule has 2 aromatic heterocycles. The summed E-state index contributed by atoms with van der Waals surface area (Å²) in [5.74, 6) is 0.961. The van der Waals surface area contributed by atoms with E-state index in [1.54, 1.807) is 18.4 Å². The minimum atomic E-state index is -5.62. The van der Waals surface area contributed by atoms with Crippen LogP contribution in [-0.4, -0.2) is 71.2 Å². The lowest BCUT2D eigenvalue weighted by molar-refractivity contribution is -0.152. The number of ether oxygens (including phenoxy) is 3. The van der Waals surface area contributed by atoms with E-state index in [2.05, 4.69) is 30.5 Å². The number of hydrogen-bond donors (Lipinski definition) is 4. The Morgan fingerprint density at radius 3 is 2.42 bits per heavy atom. The number of unbranched alkanes of at least 4 members (excludes halogenated alkanes) is 2. The topological polar surface area (TPSA) is 237 Å². The van der Waals surface area contributed by atoms with Gasteiger partial charge in [-0.25, -0.2) is 28.4 Å². The van der Waals surface area contributed by atoms with Crippen molar-refractivity contribution in [3.05, 3.63) is 35.7 Å². The van der Waals surface area contributed by atoms with Crippen molar-refractivity contribution in [3.63, 3.8) is 0 Å². The van der Waals surface area contributed by atoms with E-state index in [9.17, 15) is 28.4 Å². The third kappa shape index (κ3) is 8.75. The number of fused-ring (bicyclic) bond motifs is 2. The highest BCUT2D eigenvalue weighted by molar-refractivity contribution is 7.99. The summed E-state index contributed by atoms with van der Waals surface area (Å²) in [4.78, 5) is 44.2. The van der Waals surface area contributed by atoms with Crippen molar-refractivity contribution in [2.75, 3.05) is 18.1 Å². The van der Waals surface area contributed by atoms with E-state index < -0.39 is 60.7 Å². The molecular formula is C27H40N5O12P3S. The highest BCUT2D eigenvalue weighted by Gasteiger charge is 2.54. The van der Waals surface area contributed by atoms with E-state index in [0.717, 1.165) is 37.0 Å². The molecule has 17 nitrogen and oxygen atoms in total. The highest BCUT2D eigenvalue weighted by atomic mass is 32.2. The molecule has 1 aromatic carbocycles. The third-order valence-electron chi connectivity index (χ3n) is 7.72. The molecule has 3 aromatic rings. The number of benzene rings is 1. The summed E-state index contributed by atoms with van der Waals surface area (Å²) in [6.07, 6.45) is 1.71. The molecular weight excluding hydrogens is 711 g/mol. The molecule has 0 spiro atoms. The highest BCUT2D eigenvalue weighted by Crippen LogP contribution is 2.67. The molecule has 0 radical (unpaired) electrons. The Kier molecular flexibility index (Phi) is 11.9. The number of imidazole rings is 1. The van der Waals surface area contributed by atoms with Crippen molar-refractivity contribution in [2.45, 2.75) is 95.8 Å². The summed E-state index contributed by atoms with van der Waals surface area (Å²) >= 11 is 1.43. The fourth-order valence-corrected chi connectivity index (χ4v) is 10.0. The number of phosphoric ester groups is 1. The summed E-state index contributed by atoms with van der Waals surface area (Å²) in [6, 6.07) is 4.05. The molecule has 21 heteroatoms. The lowest BCUT2D eigenvalue weighted by atomic mass is 10.1. The SMILES string of the molecule is CCCCCC1OC2C(COP(=O)(O)OP(=O)(O)OP(=O)(O)c3ccc(C)c(C)c3)OC(n3cnc4c(N)nc(SCCC)nc43)C2O1. The number of hydrogen-bond acceptors (Lipinski definition) is 14. The van der Waals surface area contributed by atoms with Crippen molar-refractivity contribution in [3.8, 4) is 0 Å². The number of nitrogens with two attached hydrogens (primary N) is 1. The van der Waals surface area contributed by atoms with Crippen LogP contribution in [0.3, 0.4) is 0 Å². The molecule has 0 bridgehead atoms. The van der Waals surface area contributed by atoms with Crippen LogP contribution in [0.2, 0.25) is 0 Å². The Labute approximate surface area is 281 Å². The number of thioether (sulfide) groups is 1. The van der Waals surface area contributed by atoms with Crippen molar-refractivity contribution >= 4 is 57.3 Å². The van der Waals surface area contributed by atoms with Crippen LogP contribution in [0.1, 0.15) is 63.3 Å². The zero-order valence-electron chi connectivity index (χ0n) is 26.8. The zero-order valence-corrected chi connectivity index (χ0v) is 30.3. The summed E-state index contributed by atoms with van der Waals surface area (Å²) in [7, 11) is -16.0. The average Bonchev–Trinajstić information content (AvgIpc) is 3.69. The Bertz CT molecular complexity index is 1760. The van der Waals surface area contributed by atoms with E-state index in [1.807, 2.05) is 6.92 Å². The predicted octanol–water partition coefficient (Wildman–Crippen LogP) is 4.88. The van der Waals surface area contributed by atoms with Gasteiger partial charge in [-0.15, -0.1) is 0 Å². The second-order valence-corrected chi connectivity index (χ2v) is 17.5. The van der Waals surface area contributed by atoms with Gasteiger partial charge in [-0.05, 0) is 56.4 Å². The summed E-state index contributed by atoms with van der Waals surface area (Å²) < 4.78 is 72.4. The lowest BCUT2D eigenvalue weighted by Gasteiger charge is -2.22. The molecule has 8 unspecified atom stereocenters.